The van der Waals surface area contributed by atoms with Crippen LogP contribution in [0.15, 0.2) is 24.3 Å². The van der Waals surface area contributed by atoms with Crippen molar-refractivity contribution in [1.29, 1.82) is 0 Å². The van der Waals surface area contributed by atoms with Gasteiger partial charge in [-0.25, -0.2) is 0 Å². The molecule has 0 fully saturated rings. The molecule has 0 saturated heterocycles. The first-order chi connectivity index (χ1) is 10.3. The zero-order valence-corrected chi connectivity index (χ0v) is 15.7. The zero-order chi connectivity index (χ0) is 16.7. The van der Waals surface area contributed by atoms with E-state index in [4.69, 9.17) is 12.2 Å². The van der Waals surface area contributed by atoms with Gasteiger partial charge >= 0.3 is 0 Å². The van der Waals surface area contributed by atoms with E-state index in [9.17, 15) is 0 Å². The lowest BCUT2D eigenvalue weighted by Crippen LogP contribution is -3.18. The molecule has 4 heteroatoms. The Hall–Kier alpha value is -1.13. The summed E-state index contributed by atoms with van der Waals surface area (Å²) < 4.78 is 0. The molecule has 1 aromatic carbocycles. The van der Waals surface area contributed by atoms with Gasteiger partial charge in [0, 0.05) is 5.69 Å². The predicted octanol–water partition coefficient (Wildman–Crippen LogP) is 2.80. The fourth-order valence-electron chi connectivity index (χ4n) is 2.69. The van der Waals surface area contributed by atoms with Crippen molar-refractivity contribution in [3.8, 4) is 0 Å². The largest absolute Gasteiger partial charge is 0.357 e. The van der Waals surface area contributed by atoms with Crippen LogP contribution >= 0.6 is 12.2 Å². The topological polar surface area (TPSA) is 28.5 Å². The summed E-state index contributed by atoms with van der Waals surface area (Å²) in [6.45, 7) is 15.4. The van der Waals surface area contributed by atoms with Crippen LogP contribution in [-0.2, 0) is 0 Å². The second-order valence-corrected chi connectivity index (χ2v) is 7.20. The van der Waals surface area contributed by atoms with Crippen LogP contribution in [0.3, 0.4) is 0 Å². The fourth-order valence-corrected chi connectivity index (χ4v) is 2.91. The Labute approximate surface area is 141 Å². The molecule has 0 aliphatic heterocycles. The highest BCUT2D eigenvalue weighted by Gasteiger charge is 2.16. The van der Waals surface area contributed by atoms with E-state index >= 15 is 0 Å². The first-order valence-electron chi connectivity index (χ1n) is 8.31. The van der Waals surface area contributed by atoms with Crippen LogP contribution in [0.5, 0.6) is 0 Å². The summed E-state index contributed by atoms with van der Waals surface area (Å²) in [7, 11) is 0. The number of anilines is 1. The summed E-state index contributed by atoms with van der Waals surface area (Å²) in [5.74, 6) is 0.556. The predicted molar refractivity (Wildman–Crippen MR) is 101 cm³/mol. The quantitative estimate of drug-likeness (QED) is 0.674. The second-order valence-electron chi connectivity index (χ2n) is 6.79. The average Bonchev–Trinajstić information content (AvgIpc) is 2.43. The first-order valence-corrected chi connectivity index (χ1v) is 8.72. The number of benzene rings is 1. The van der Waals surface area contributed by atoms with Crippen molar-refractivity contribution in [1.82, 2.24) is 5.32 Å². The lowest BCUT2D eigenvalue weighted by atomic mass is 10.0. The van der Waals surface area contributed by atoms with E-state index in [2.05, 4.69) is 76.4 Å². The molecule has 0 radical (unpaired) electrons. The maximum absolute atomic E-state index is 5.37. The van der Waals surface area contributed by atoms with Gasteiger partial charge in [0.1, 0.15) is 0 Å². The van der Waals surface area contributed by atoms with Gasteiger partial charge in [-0.1, -0.05) is 26.0 Å². The van der Waals surface area contributed by atoms with Crippen LogP contribution in [0, 0.1) is 0 Å². The number of quaternary nitrogens is 1. The third-order valence-corrected chi connectivity index (χ3v) is 4.26. The van der Waals surface area contributed by atoms with Crippen LogP contribution < -0.4 is 15.5 Å². The summed E-state index contributed by atoms with van der Waals surface area (Å²) in [5.41, 5.74) is 2.39. The molecule has 22 heavy (non-hydrogen) atoms. The van der Waals surface area contributed by atoms with Gasteiger partial charge in [-0.2, -0.15) is 0 Å². The van der Waals surface area contributed by atoms with E-state index in [1.54, 1.807) is 4.90 Å². The zero-order valence-electron chi connectivity index (χ0n) is 14.9. The molecule has 3 N–H and O–H groups in total. The maximum atomic E-state index is 5.37. The molecule has 0 bridgehead atoms. The van der Waals surface area contributed by atoms with Crippen LogP contribution in [0.1, 0.15) is 53.0 Å². The minimum Gasteiger partial charge on any atom is -0.357 e. The highest BCUT2D eigenvalue weighted by atomic mass is 32.1. The molecular weight excluding hydrogens is 290 g/mol. The number of nitrogens with one attached hydrogen (secondary N) is 3. The molecule has 1 rings (SSSR count). The average molecular weight is 323 g/mol. The molecule has 0 heterocycles. The van der Waals surface area contributed by atoms with Crippen LogP contribution in [0.4, 0.5) is 5.69 Å². The molecule has 0 aliphatic rings. The highest BCUT2D eigenvalue weighted by Crippen LogP contribution is 2.16. The van der Waals surface area contributed by atoms with E-state index in [1.165, 1.54) is 5.56 Å². The molecule has 0 aromatic heterocycles. The summed E-state index contributed by atoms with van der Waals surface area (Å²) in [6, 6.07) is 9.74. The van der Waals surface area contributed by atoms with Gasteiger partial charge in [0.25, 0.3) is 0 Å². The first kappa shape index (κ1) is 18.9. The van der Waals surface area contributed by atoms with Crippen LogP contribution in [0.25, 0.3) is 0 Å². The molecule has 0 atom stereocenters. The van der Waals surface area contributed by atoms with Gasteiger partial charge in [0.15, 0.2) is 5.11 Å². The van der Waals surface area contributed by atoms with Crippen LogP contribution in [0.2, 0.25) is 0 Å². The molecule has 0 aliphatic carbocycles. The van der Waals surface area contributed by atoms with E-state index in [1.807, 2.05) is 0 Å². The smallest absolute Gasteiger partial charge is 0.170 e. The summed E-state index contributed by atoms with van der Waals surface area (Å²) in [4.78, 5) is 1.59. The van der Waals surface area contributed by atoms with Gasteiger partial charge in [0.2, 0.25) is 0 Å². The van der Waals surface area contributed by atoms with E-state index in [-0.39, 0.29) is 0 Å². The van der Waals surface area contributed by atoms with Crippen molar-refractivity contribution in [2.24, 2.45) is 0 Å². The standard InChI is InChI=1S/C18H31N3S/c1-13(2)16-7-9-17(10-8-16)20-18(22)19-11-12-21(14(3)4)15(5)6/h7-10,13-15H,11-12H2,1-6H3,(H2,19,20,22)/p+1. The molecule has 0 saturated carbocycles. The Bertz CT molecular complexity index is 444. The van der Waals surface area contributed by atoms with Gasteiger partial charge in [-0.05, 0) is 63.5 Å². The second kappa shape index (κ2) is 9.11. The van der Waals surface area contributed by atoms with E-state index in [0.29, 0.717) is 23.1 Å². The SMILES string of the molecule is CC(C)c1ccc(NC(=S)NCC[NH+](C(C)C)C(C)C)cc1. The molecule has 0 unspecified atom stereocenters. The summed E-state index contributed by atoms with van der Waals surface area (Å²) >= 11 is 5.37. The van der Waals surface area contributed by atoms with Gasteiger partial charge in [0.05, 0.1) is 25.2 Å². The van der Waals surface area contributed by atoms with Gasteiger partial charge in [-0.3, -0.25) is 0 Å². The molecule has 0 amide bonds. The van der Waals surface area contributed by atoms with Crippen molar-refractivity contribution >= 4 is 23.0 Å². The number of rotatable bonds is 7. The van der Waals surface area contributed by atoms with Crippen molar-refractivity contribution in [2.75, 3.05) is 18.4 Å². The monoisotopic (exact) mass is 322 g/mol. The van der Waals surface area contributed by atoms with E-state index in [0.717, 1.165) is 18.8 Å². The molecular formula is C18H32N3S+. The number of thiocarbonyl (C=S) groups is 1. The number of hydrogen-bond acceptors (Lipinski definition) is 1. The lowest BCUT2D eigenvalue weighted by Gasteiger charge is -2.27. The Kier molecular flexibility index (Phi) is 7.83. The van der Waals surface area contributed by atoms with Crippen molar-refractivity contribution in [3.63, 3.8) is 0 Å². The summed E-state index contributed by atoms with van der Waals surface area (Å²) in [5, 5.41) is 7.26. The summed E-state index contributed by atoms with van der Waals surface area (Å²) in [6.07, 6.45) is 0. The Morgan fingerprint density at radius 3 is 2.00 bits per heavy atom. The molecule has 124 valence electrons. The third kappa shape index (κ3) is 6.32. The molecule has 0 spiro atoms. The van der Waals surface area contributed by atoms with Gasteiger partial charge < -0.3 is 15.5 Å². The third-order valence-electron chi connectivity index (χ3n) is 4.02. The minimum atomic E-state index is 0.556. The van der Waals surface area contributed by atoms with E-state index < -0.39 is 0 Å². The molecule has 3 nitrogen and oxygen atoms in total. The van der Waals surface area contributed by atoms with Crippen LogP contribution in [-0.4, -0.2) is 30.3 Å². The number of hydrogen-bond donors (Lipinski definition) is 3. The Balaban J connectivity index is 2.40. The Morgan fingerprint density at radius 1 is 1.00 bits per heavy atom. The maximum Gasteiger partial charge on any atom is 0.170 e. The molecule has 1 aromatic rings. The highest BCUT2D eigenvalue weighted by molar-refractivity contribution is 7.80. The lowest BCUT2D eigenvalue weighted by molar-refractivity contribution is -0.941. The van der Waals surface area contributed by atoms with Crippen molar-refractivity contribution in [3.05, 3.63) is 29.8 Å². The normalized spacial score (nSPS) is 11.5. The van der Waals surface area contributed by atoms with Gasteiger partial charge in [-0.15, -0.1) is 0 Å². The minimum absolute atomic E-state index is 0.556. The van der Waals surface area contributed by atoms with Crippen molar-refractivity contribution < 1.29 is 4.90 Å². The fraction of sp³-hybridized carbons (Fsp3) is 0.611. The Morgan fingerprint density at radius 2 is 1.55 bits per heavy atom. The van der Waals surface area contributed by atoms with Crippen molar-refractivity contribution in [2.45, 2.75) is 59.5 Å².